The monoisotopic (exact) mass is 748 g/mol. The van der Waals surface area contributed by atoms with Crippen molar-refractivity contribution in [1.82, 2.24) is 0 Å². The third-order valence-electron chi connectivity index (χ3n) is 10.3. The summed E-state index contributed by atoms with van der Waals surface area (Å²) in [5, 5.41) is 10.3. The van der Waals surface area contributed by atoms with E-state index in [9.17, 15) is 5.21 Å². The number of quaternary nitrogens is 1. The molecule has 0 atom stereocenters. The predicted molar refractivity (Wildman–Crippen MR) is 207 cm³/mol. The van der Waals surface area contributed by atoms with E-state index in [1.165, 1.54) is 193 Å². The summed E-state index contributed by atoms with van der Waals surface area (Å²) in [6.07, 6.45) is 45.9. The van der Waals surface area contributed by atoms with Crippen LogP contribution in [0.1, 0.15) is 239 Å². The Morgan fingerprint density at radius 2 is 0.625 bits per heavy atom. The Morgan fingerprint density at radius 1 is 0.396 bits per heavy atom. The molecular formula is C43H90BrNO3. The molecule has 0 rings (SSSR count). The average Bonchev–Trinajstić information content (AvgIpc) is 3.05. The van der Waals surface area contributed by atoms with E-state index in [4.69, 9.17) is 9.47 Å². The molecule has 0 aliphatic heterocycles. The number of rotatable bonds is 40. The van der Waals surface area contributed by atoms with E-state index < -0.39 is 5.79 Å². The zero-order valence-corrected chi connectivity index (χ0v) is 35.3. The van der Waals surface area contributed by atoms with Gasteiger partial charge in [-0.05, 0) is 19.3 Å². The van der Waals surface area contributed by atoms with Crippen LogP contribution in [-0.4, -0.2) is 49.5 Å². The van der Waals surface area contributed by atoms with Crippen LogP contribution in [0, 0.1) is 0 Å². The number of hydrogen-bond donors (Lipinski definition) is 1. The maximum absolute atomic E-state index is 10.3. The molecule has 292 valence electrons. The van der Waals surface area contributed by atoms with Gasteiger partial charge in [0.2, 0.25) is 0 Å². The fourth-order valence-corrected chi connectivity index (χ4v) is 6.83. The molecule has 0 aliphatic rings. The van der Waals surface area contributed by atoms with E-state index in [0.29, 0.717) is 6.54 Å². The summed E-state index contributed by atoms with van der Waals surface area (Å²) in [5.41, 5.74) is 0. The third kappa shape index (κ3) is 37.6. The van der Waals surface area contributed by atoms with E-state index >= 15 is 0 Å². The van der Waals surface area contributed by atoms with E-state index in [2.05, 4.69) is 20.8 Å². The van der Waals surface area contributed by atoms with Crippen molar-refractivity contribution in [2.45, 2.75) is 245 Å². The Labute approximate surface area is 314 Å². The maximum atomic E-state index is 10.3. The van der Waals surface area contributed by atoms with Gasteiger partial charge in [0.15, 0.2) is 5.79 Å². The molecule has 1 N–H and O–H groups in total. The summed E-state index contributed by atoms with van der Waals surface area (Å²) in [4.78, 5) is 0. The van der Waals surface area contributed by atoms with Gasteiger partial charge in [0, 0.05) is 0 Å². The Balaban J connectivity index is 0. The smallest absolute Gasteiger partial charge is 0.173 e. The number of halogens is 1. The summed E-state index contributed by atoms with van der Waals surface area (Å²) in [6, 6.07) is 0. The largest absolute Gasteiger partial charge is 1.00 e. The molecule has 0 spiro atoms. The minimum Gasteiger partial charge on any atom is -1.00 e. The highest BCUT2D eigenvalue weighted by Gasteiger charge is 2.33. The lowest BCUT2D eigenvalue weighted by molar-refractivity contribution is -1.07. The third-order valence-corrected chi connectivity index (χ3v) is 10.3. The number of unbranched alkanes of at least 4 members (excludes halogenated alkanes) is 30. The topological polar surface area (TPSA) is 38.7 Å². The zero-order valence-electron chi connectivity index (χ0n) is 33.8. The van der Waals surface area contributed by atoms with E-state index in [-0.39, 0.29) is 21.6 Å². The first-order valence-corrected chi connectivity index (χ1v) is 21.7. The molecule has 48 heavy (non-hydrogen) atoms. The van der Waals surface area contributed by atoms with Crippen LogP contribution >= 0.6 is 0 Å². The van der Waals surface area contributed by atoms with Crippen molar-refractivity contribution in [3.63, 3.8) is 0 Å². The summed E-state index contributed by atoms with van der Waals surface area (Å²) in [6.45, 7) is 8.95. The Kier molecular flexibility index (Phi) is 40.5. The van der Waals surface area contributed by atoms with Crippen molar-refractivity contribution in [3.05, 3.63) is 0 Å². The molecule has 0 radical (unpaired) electrons. The number of hydrogen-bond acceptors (Lipinski definition) is 3. The van der Waals surface area contributed by atoms with Crippen LogP contribution in [0.5, 0.6) is 0 Å². The van der Waals surface area contributed by atoms with Crippen LogP contribution in [0.2, 0.25) is 0 Å². The first-order chi connectivity index (χ1) is 22.9. The van der Waals surface area contributed by atoms with Crippen LogP contribution in [-0.2, 0) is 9.47 Å². The fraction of sp³-hybridized carbons (Fsp3) is 1.00. The molecule has 0 aromatic carbocycles. The molecule has 0 fully saturated rings. The van der Waals surface area contributed by atoms with Gasteiger partial charge >= 0.3 is 0 Å². The second-order valence-electron chi connectivity index (χ2n) is 15.7. The number of ether oxygens (including phenoxy) is 2. The van der Waals surface area contributed by atoms with Crippen LogP contribution < -0.4 is 17.0 Å². The molecular weight excluding hydrogens is 658 g/mol. The molecule has 0 amide bonds. The fourth-order valence-electron chi connectivity index (χ4n) is 6.83. The lowest BCUT2D eigenvalue weighted by atomic mass is 10.0. The highest BCUT2D eigenvalue weighted by molar-refractivity contribution is 4.69. The minimum absolute atomic E-state index is 0. The highest BCUT2D eigenvalue weighted by atomic mass is 79.9. The standard InChI is InChI=1S/C43H90NO3.BrH/c1-6-9-11-13-15-17-19-21-23-25-27-29-31-33-35-37-41-46-43(8-3,39-40-44(4,5)45)47-42-38-36-34-32-30-28-26-24-22-20-18-16-14-12-10-7-2;/h45H,6-42H2,1-5H3;1H/q+1;/p-1. The summed E-state index contributed by atoms with van der Waals surface area (Å²) in [5.74, 6) is -0.552. The van der Waals surface area contributed by atoms with Gasteiger partial charge in [-0.3, -0.25) is 0 Å². The molecule has 4 nitrogen and oxygen atoms in total. The molecule has 0 aromatic heterocycles. The molecule has 0 saturated carbocycles. The lowest BCUT2D eigenvalue weighted by Gasteiger charge is -2.34. The number of nitrogens with zero attached hydrogens (tertiary/aromatic N) is 1. The van der Waals surface area contributed by atoms with Crippen LogP contribution in [0.3, 0.4) is 0 Å². The van der Waals surface area contributed by atoms with Crippen molar-refractivity contribution in [1.29, 1.82) is 0 Å². The molecule has 0 heterocycles. The minimum atomic E-state index is -0.552. The lowest BCUT2D eigenvalue weighted by Crippen LogP contribution is -3.00. The van der Waals surface area contributed by atoms with Crippen LogP contribution in [0.4, 0.5) is 0 Å². The molecule has 0 saturated heterocycles. The summed E-state index contributed by atoms with van der Waals surface area (Å²) < 4.78 is 12.9. The molecule has 0 bridgehead atoms. The van der Waals surface area contributed by atoms with Gasteiger partial charge < -0.3 is 26.5 Å². The summed E-state index contributed by atoms with van der Waals surface area (Å²) in [7, 11) is 3.68. The van der Waals surface area contributed by atoms with Crippen molar-refractivity contribution in [2.24, 2.45) is 0 Å². The van der Waals surface area contributed by atoms with Gasteiger partial charge in [-0.1, -0.05) is 213 Å². The van der Waals surface area contributed by atoms with Crippen LogP contribution in [0.15, 0.2) is 0 Å². The Hall–Kier alpha value is 0.320. The second kappa shape index (κ2) is 38.5. The Bertz CT molecular complexity index is 559. The average molecular weight is 749 g/mol. The van der Waals surface area contributed by atoms with Crippen molar-refractivity contribution in [2.75, 3.05) is 33.9 Å². The summed E-state index contributed by atoms with van der Waals surface area (Å²) >= 11 is 0. The highest BCUT2D eigenvalue weighted by Crippen LogP contribution is 2.25. The van der Waals surface area contributed by atoms with Gasteiger partial charge in [-0.25, -0.2) is 5.21 Å². The maximum Gasteiger partial charge on any atom is 0.173 e. The second-order valence-corrected chi connectivity index (χ2v) is 15.7. The first-order valence-electron chi connectivity index (χ1n) is 21.7. The quantitative estimate of drug-likeness (QED) is 0.0294. The Morgan fingerprint density at radius 3 is 0.833 bits per heavy atom. The first kappa shape index (κ1) is 50.4. The van der Waals surface area contributed by atoms with Gasteiger partial charge in [-0.15, -0.1) is 0 Å². The number of hydroxylamine groups is 3. The van der Waals surface area contributed by atoms with Gasteiger partial charge in [0.05, 0.1) is 33.7 Å². The van der Waals surface area contributed by atoms with Crippen molar-refractivity contribution < 1.29 is 36.3 Å². The predicted octanol–water partition coefficient (Wildman–Crippen LogP) is 11.5. The van der Waals surface area contributed by atoms with Gasteiger partial charge in [-0.2, -0.15) is 4.65 Å². The van der Waals surface area contributed by atoms with Gasteiger partial charge in [0.1, 0.15) is 6.54 Å². The molecule has 0 unspecified atom stereocenters. The van der Waals surface area contributed by atoms with E-state index in [1.54, 1.807) is 0 Å². The molecule has 0 aliphatic carbocycles. The van der Waals surface area contributed by atoms with Crippen LogP contribution in [0.25, 0.3) is 0 Å². The van der Waals surface area contributed by atoms with E-state index in [1.807, 2.05) is 14.1 Å². The van der Waals surface area contributed by atoms with Crippen molar-refractivity contribution in [3.8, 4) is 0 Å². The normalized spacial score (nSPS) is 12.1. The van der Waals surface area contributed by atoms with Crippen molar-refractivity contribution >= 4 is 0 Å². The SMILES string of the molecule is CCCCCCCCCCCCCCCCCCOC(CC)(CC[N+](C)(C)O)OCCCCCCCCCCCCCCCCCC.[Br-]. The van der Waals surface area contributed by atoms with Gasteiger partial charge in [0.25, 0.3) is 0 Å². The molecule has 0 aromatic rings. The van der Waals surface area contributed by atoms with E-state index in [0.717, 1.165) is 38.9 Å². The molecule has 5 heteroatoms. The zero-order chi connectivity index (χ0) is 34.6.